The fourth-order valence-electron chi connectivity index (χ4n) is 2.19. The molecule has 1 atom stereocenters. The third-order valence-electron chi connectivity index (χ3n) is 3.54. The number of anilines is 1. The minimum Gasteiger partial charge on any atom is -1.00 e. The predicted octanol–water partition coefficient (Wildman–Crippen LogP) is 1.29. The molecule has 1 unspecified atom stereocenters. The number of methoxy groups -OCH3 is 2. The van der Waals surface area contributed by atoms with Gasteiger partial charge in [0.15, 0.2) is 16.5 Å². The van der Waals surface area contributed by atoms with Crippen LogP contribution in [0.25, 0.3) is 4.98 Å². The van der Waals surface area contributed by atoms with E-state index in [2.05, 4.69) is 20.5 Å². The number of para-hydroxylation sites is 1. The maximum atomic E-state index is 12.4. The van der Waals surface area contributed by atoms with Crippen LogP contribution in [-0.2, 0) is 9.59 Å². The second-order valence-electron chi connectivity index (χ2n) is 5.38. The lowest BCUT2D eigenvalue weighted by molar-refractivity contribution is -0.126. The molecular weight excluding hydrogens is 421 g/mol. The summed E-state index contributed by atoms with van der Waals surface area (Å²) in [6.45, 7) is 1.25. The number of rotatable bonds is 7. The largest absolute Gasteiger partial charge is 1.00 e. The summed E-state index contributed by atoms with van der Waals surface area (Å²) in [7, 11) is 2.79. The van der Waals surface area contributed by atoms with Crippen LogP contribution >= 0.6 is 12.4 Å². The zero-order chi connectivity index (χ0) is 19.8. The number of nitrogens with zero attached hydrogens (tertiary/aromatic N) is 4. The van der Waals surface area contributed by atoms with E-state index >= 15 is 0 Å². The number of amides is 1. The molecule has 2 aromatic rings. The summed E-state index contributed by atoms with van der Waals surface area (Å²) in [6, 6.07) is 10.2. The number of diazo groups is 1. The lowest BCUT2D eigenvalue weighted by Crippen LogP contribution is -3.00. The Labute approximate surface area is 179 Å². The van der Waals surface area contributed by atoms with Crippen LogP contribution in [0.1, 0.15) is 6.92 Å². The van der Waals surface area contributed by atoms with Crippen molar-refractivity contribution in [2.45, 2.75) is 13.0 Å². The van der Waals surface area contributed by atoms with E-state index in [0.29, 0.717) is 5.69 Å². The summed E-state index contributed by atoms with van der Waals surface area (Å²) in [5, 5.41) is 19.4. The number of azo groups is 1. The molecule has 0 radical (unpaired) electrons. The number of nitrogens with one attached hydrogen (secondary N) is 1. The highest BCUT2D eigenvalue weighted by Gasteiger charge is 2.24. The van der Waals surface area contributed by atoms with Crippen molar-refractivity contribution in [2.75, 3.05) is 19.5 Å². The molecule has 9 nitrogen and oxygen atoms in total. The average molecular weight is 440 g/mol. The number of benzene rings is 2. The molecular formula is C18H19Cl2N5O4. The smallest absolute Gasteiger partial charge is 0.430 e. The van der Waals surface area contributed by atoms with E-state index in [1.54, 1.807) is 30.3 Å². The van der Waals surface area contributed by atoms with Crippen LogP contribution in [0.3, 0.4) is 0 Å². The number of carbonyl (C=O) groups is 2. The number of ether oxygens (including phenoxy) is 2. The maximum absolute atomic E-state index is 12.4. The van der Waals surface area contributed by atoms with Crippen molar-refractivity contribution < 1.29 is 31.5 Å². The SMILES string of the molecule is COc1cc([N+]#N)c(OC)cc1N=NC(C(C)=O)C(=O)Nc1ccccc1.Cl.[Cl-]. The summed E-state index contributed by atoms with van der Waals surface area (Å²) in [6.07, 6.45) is 0. The van der Waals surface area contributed by atoms with Crippen molar-refractivity contribution >= 4 is 41.2 Å². The molecule has 0 heterocycles. The van der Waals surface area contributed by atoms with E-state index in [-0.39, 0.29) is 47.7 Å². The van der Waals surface area contributed by atoms with Gasteiger partial charge >= 0.3 is 5.69 Å². The third-order valence-corrected chi connectivity index (χ3v) is 3.54. The molecule has 0 fully saturated rings. The van der Waals surface area contributed by atoms with Crippen molar-refractivity contribution in [3.63, 3.8) is 0 Å². The third kappa shape index (κ3) is 6.71. The Hall–Kier alpha value is -3.22. The molecule has 0 spiro atoms. The molecule has 0 bridgehead atoms. The van der Waals surface area contributed by atoms with Gasteiger partial charge in [0, 0.05) is 11.8 Å². The van der Waals surface area contributed by atoms with Gasteiger partial charge in [-0.2, -0.15) is 10.2 Å². The monoisotopic (exact) mass is 439 g/mol. The van der Waals surface area contributed by atoms with Crippen molar-refractivity contribution in [1.82, 2.24) is 0 Å². The Kier molecular flexibility index (Phi) is 10.9. The van der Waals surface area contributed by atoms with Gasteiger partial charge in [0.05, 0.1) is 20.3 Å². The lowest BCUT2D eigenvalue weighted by atomic mass is 10.2. The first kappa shape index (κ1) is 25.8. The molecule has 11 heteroatoms. The standard InChI is InChI=1S/C18H17N5O4.2ClH/c1-11(24)17(18(25)20-12-7-5-4-6-8-12)23-22-14-10-15(26-2)13(21-19)9-16(14)27-3;;/h4-10,17H,1-3H3;2*1H. The average Bonchev–Trinajstić information content (AvgIpc) is 2.68. The summed E-state index contributed by atoms with van der Waals surface area (Å²) < 4.78 is 10.3. The van der Waals surface area contributed by atoms with Crippen molar-refractivity contribution in [3.8, 4) is 11.5 Å². The van der Waals surface area contributed by atoms with Crippen LogP contribution in [0.2, 0.25) is 0 Å². The minimum atomic E-state index is -1.33. The van der Waals surface area contributed by atoms with Crippen molar-refractivity contribution in [2.24, 2.45) is 10.2 Å². The topological polar surface area (TPSA) is 118 Å². The molecule has 0 aliphatic rings. The molecule has 2 aromatic carbocycles. The van der Waals surface area contributed by atoms with Gasteiger partial charge in [-0.15, -0.1) is 12.4 Å². The highest BCUT2D eigenvalue weighted by molar-refractivity contribution is 6.10. The number of hydrogen-bond donors (Lipinski definition) is 1. The van der Waals surface area contributed by atoms with Crippen LogP contribution in [0.5, 0.6) is 11.5 Å². The molecule has 0 aromatic heterocycles. The molecule has 0 aliphatic heterocycles. The normalized spacial score (nSPS) is 10.7. The lowest BCUT2D eigenvalue weighted by Gasteiger charge is -2.10. The quantitative estimate of drug-likeness (QED) is 0.396. The molecule has 1 N–H and O–H groups in total. The van der Waals surface area contributed by atoms with Gasteiger partial charge in [-0.05, 0) is 19.1 Å². The van der Waals surface area contributed by atoms with Gasteiger partial charge in [-0.3, -0.25) is 9.59 Å². The van der Waals surface area contributed by atoms with Gasteiger partial charge in [-0.25, -0.2) is 0 Å². The first-order valence-electron chi connectivity index (χ1n) is 7.88. The van der Waals surface area contributed by atoms with Crippen molar-refractivity contribution in [1.29, 1.82) is 5.39 Å². The Balaban J connectivity index is 0.00000392. The van der Waals surface area contributed by atoms with Crippen molar-refractivity contribution in [3.05, 3.63) is 47.4 Å². The zero-order valence-electron chi connectivity index (χ0n) is 15.8. The highest BCUT2D eigenvalue weighted by atomic mass is 35.5. The van der Waals surface area contributed by atoms with E-state index in [4.69, 9.17) is 14.9 Å². The molecule has 0 saturated carbocycles. The summed E-state index contributed by atoms with van der Waals surface area (Å²) >= 11 is 0. The van der Waals surface area contributed by atoms with E-state index in [9.17, 15) is 9.59 Å². The number of carbonyl (C=O) groups excluding carboxylic acids is 2. The zero-order valence-corrected chi connectivity index (χ0v) is 17.4. The molecule has 154 valence electrons. The van der Waals surface area contributed by atoms with Crippen LogP contribution in [0, 0.1) is 5.39 Å². The fourth-order valence-corrected chi connectivity index (χ4v) is 2.19. The first-order chi connectivity index (χ1) is 13.0. The Morgan fingerprint density at radius 3 is 2.24 bits per heavy atom. The van der Waals surface area contributed by atoms with Gasteiger partial charge in [-0.1, -0.05) is 18.2 Å². The van der Waals surface area contributed by atoms with Crippen LogP contribution in [0.15, 0.2) is 52.7 Å². The first-order valence-corrected chi connectivity index (χ1v) is 7.88. The Morgan fingerprint density at radius 1 is 1.10 bits per heavy atom. The van der Waals surface area contributed by atoms with Gasteiger partial charge in [0.25, 0.3) is 5.91 Å². The molecule has 29 heavy (non-hydrogen) atoms. The van der Waals surface area contributed by atoms with E-state index in [1.807, 2.05) is 0 Å². The van der Waals surface area contributed by atoms with Crippen LogP contribution in [0.4, 0.5) is 17.1 Å². The summed E-state index contributed by atoms with van der Waals surface area (Å²) in [5.41, 5.74) is 0.885. The summed E-state index contributed by atoms with van der Waals surface area (Å²) in [5.74, 6) is -0.621. The van der Waals surface area contributed by atoms with Crippen LogP contribution in [-0.4, -0.2) is 32.0 Å². The number of hydrogen-bond acceptors (Lipinski definition) is 7. The van der Waals surface area contributed by atoms with Crippen LogP contribution < -0.4 is 27.2 Å². The van der Waals surface area contributed by atoms with Gasteiger partial charge in [0.1, 0.15) is 5.69 Å². The molecule has 0 saturated heterocycles. The highest BCUT2D eigenvalue weighted by Crippen LogP contribution is 2.39. The number of halogens is 2. The molecule has 1 amide bonds. The number of Topliss-reactive ketones (excluding diaryl/α,β-unsaturated/α-hetero) is 1. The number of ketones is 1. The van der Waals surface area contributed by atoms with Gasteiger partial charge in [0.2, 0.25) is 17.2 Å². The second-order valence-corrected chi connectivity index (χ2v) is 5.38. The minimum absolute atomic E-state index is 0. The van der Waals surface area contributed by atoms with Gasteiger partial charge < -0.3 is 27.2 Å². The molecule has 0 aliphatic carbocycles. The van der Waals surface area contributed by atoms with E-state index < -0.39 is 17.7 Å². The Bertz CT molecular complexity index is 916. The fraction of sp³-hybridized carbons (Fsp3) is 0.222. The van der Waals surface area contributed by atoms with E-state index in [0.717, 1.165) is 0 Å². The maximum Gasteiger partial charge on any atom is 0.430 e. The van der Waals surface area contributed by atoms with E-state index in [1.165, 1.54) is 33.3 Å². The summed E-state index contributed by atoms with van der Waals surface area (Å²) in [4.78, 5) is 27.3. The Morgan fingerprint density at radius 2 is 1.72 bits per heavy atom. The second kappa shape index (κ2) is 12.3. The molecule has 2 rings (SSSR count). The predicted molar refractivity (Wildman–Crippen MR) is 106 cm³/mol.